The summed E-state index contributed by atoms with van der Waals surface area (Å²) in [6, 6.07) is 8.45. The second-order valence-electron chi connectivity index (χ2n) is 6.65. The lowest BCUT2D eigenvalue weighted by molar-refractivity contribution is 0.125. The molecule has 2 nitrogen and oxygen atoms in total. The van der Waals surface area contributed by atoms with E-state index in [1.807, 2.05) is 0 Å². The Morgan fingerprint density at radius 2 is 1.65 bits per heavy atom. The van der Waals surface area contributed by atoms with E-state index in [4.69, 9.17) is 0 Å². The number of rotatable bonds is 5. The van der Waals surface area contributed by atoms with Gasteiger partial charge in [0, 0.05) is 6.54 Å². The van der Waals surface area contributed by atoms with Crippen molar-refractivity contribution < 1.29 is 5.11 Å². The lowest BCUT2D eigenvalue weighted by atomic mass is 9.97. The molecule has 1 N–H and O–H groups in total. The third-order valence-electron chi connectivity index (χ3n) is 4.58. The molecule has 0 spiro atoms. The van der Waals surface area contributed by atoms with Gasteiger partial charge < -0.3 is 10.0 Å². The van der Waals surface area contributed by atoms with Gasteiger partial charge in [-0.2, -0.15) is 0 Å². The minimum absolute atomic E-state index is 0.324. The van der Waals surface area contributed by atoms with Crippen LogP contribution in [0.1, 0.15) is 63.2 Å². The highest BCUT2D eigenvalue weighted by molar-refractivity contribution is 5.26. The van der Waals surface area contributed by atoms with Crippen molar-refractivity contribution in [1.29, 1.82) is 0 Å². The molecule has 1 fully saturated rings. The number of aliphatic hydroxyl groups excluding tert-OH is 1. The van der Waals surface area contributed by atoms with Gasteiger partial charge in [0.15, 0.2) is 0 Å². The maximum atomic E-state index is 10.3. The highest BCUT2D eigenvalue weighted by atomic mass is 16.3. The molecule has 1 unspecified atom stereocenters. The van der Waals surface area contributed by atoms with Crippen molar-refractivity contribution in [2.24, 2.45) is 5.92 Å². The van der Waals surface area contributed by atoms with Gasteiger partial charge in [0.2, 0.25) is 0 Å². The summed E-state index contributed by atoms with van der Waals surface area (Å²) in [5.74, 6) is 1.43. The first-order valence-electron chi connectivity index (χ1n) is 8.06. The Hall–Kier alpha value is -0.860. The Balaban J connectivity index is 1.80. The summed E-state index contributed by atoms with van der Waals surface area (Å²) in [5.41, 5.74) is 2.39. The normalized spacial score (nSPS) is 19.4. The van der Waals surface area contributed by atoms with Crippen LogP contribution < -0.4 is 0 Å². The number of benzene rings is 1. The van der Waals surface area contributed by atoms with Crippen LogP contribution >= 0.6 is 0 Å². The van der Waals surface area contributed by atoms with Gasteiger partial charge in [0.25, 0.3) is 0 Å². The minimum Gasteiger partial charge on any atom is -0.388 e. The van der Waals surface area contributed by atoms with Gasteiger partial charge in [-0.15, -0.1) is 0 Å². The van der Waals surface area contributed by atoms with Crippen molar-refractivity contribution in [2.45, 2.75) is 52.1 Å². The summed E-state index contributed by atoms with van der Waals surface area (Å²) < 4.78 is 0. The van der Waals surface area contributed by atoms with Gasteiger partial charge >= 0.3 is 0 Å². The lowest BCUT2D eigenvalue weighted by Crippen LogP contribution is -2.34. The summed E-state index contributed by atoms with van der Waals surface area (Å²) in [6.07, 6.45) is 3.13. The predicted octanol–water partition coefficient (Wildman–Crippen LogP) is 3.97. The molecule has 0 amide bonds. The summed E-state index contributed by atoms with van der Waals surface area (Å²) >= 11 is 0. The first kappa shape index (κ1) is 15.5. The predicted molar refractivity (Wildman–Crippen MR) is 84.9 cm³/mol. The van der Waals surface area contributed by atoms with Gasteiger partial charge in [-0.3, -0.25) is 0 Å². The number of piperidine rings is 1. The zero-order chi connectivity index (χ0) is 14.5. The van der Waals surface area contributed by atoms with E-state index in [-0.39, 0.29) is 6.10 Å². The monoisotopic (exact) mass is 275 g/mol. The zero-order valence-electron chi connectivity index (χ0n) is 13.2. The molecular weight excluding hydrogens is 246 g/mol. The molecule has 0 aromatic heterocycles. The second-order valence-corrected chi connectivity index (χ2v) is 6.65. The van der Waals surface area contributed by atoms with Crippen molar-refractivity contribution >= 4 is 0 Å². The number of hydrogen-bond acceptors (Lipinski definition) is 2. The molecule has 20 heavy (non-hydrogen) atoms. The maximum Gasteiger partial charge on any atom is 0.0802 e. The quantitative estimate of drug-likeness (QED) is 0.879. The van der Waals surface area contributed by atoms with E-state index in [2.05, 4.69) is 49.9 Å². The van der Waals surface area contributed by atoms with E-state index in [9.17, 15) is 5.11 Å². The molecule has 0 saturated carbocycles. The van der Waals surface area contributed by atoms with E-state index >= 15 is 0 Å². The number of hydrogen-bond donors (Lipinski definition) is 1. The van der Waals surface area contributed by atoms with Crippen LogP contribution in [0.15, 0.2) is 24.3 Å². The molecule has 2 heteroatoms. The van der Waals surface area contributed by atoms with Crippen molar-refractivity contribution in [1.82, 2.24) is 4.90 Å². The van der Waals surface area contributed by atoms with Crippen molar-refractivity contribution in [3.05, 3.63) is 35.4 Å². The number of nitrogens with zero attached hydrogens (tertiary/aromatic N) is 1. The standard InChI is InChI=1S/C18H29NO/c1-14(2)16-4-6-17(7-5-16)18(20)10-13-19-11-8-15(3)9-12-19/h4-7,14-15,18,20H,8-13H2,1-3H3. The van der Waals surface area contributed by atoms with Crippen LogP contribution in [0.5, 0.6) is 0 Å². The van der Waals surface area contributed by atoms with Crippen LogP contribution in [0.3, 0.4) is 0 Å². The molecule has 1 aromatic rings. The maximum absolute atomic E-state index is 10.3. The molecule has 112 valence electrons. The van der Waals surface area contributed by atoms with Crippen molar-refractivity contribution in [3.63, 3.8) is 0 Å². The van der Waals surface area contributed by atoms with Crippen LogP contribution in [0.4, 0.5) is 0 Å². The molecule has 0 radical (unpaired) electrons. The minimum atomic E-state index is -0.324. The Morgan fingerprint density at radius 1 is 1.10 bits per heavy atom. The van der Waals surface area contributed by atoms with E-state index in [0.29, 0.717) is 5.92 Å². The molecule has 0 bridgehead atoms. The zero-order valence-corrected chi connectivity index (χ0v) is 13.2. The number of likely N-dealkylation sites (tertiary alicyclic amines) is 1. The Kier molecular flexibility index (Phi) is 5.62. The van der Waals surface area contributed by atoms with Gasteiger partial charge in [-0.25, -0.2) is 0 Å². The average molecular weight is 275 g/mol. The van der Waals surface area contributed by atoms with E-state index in [0.717, 1.165) is 24.4 Å². The third-order valence-corrected chi connectivity index (χ3v) is 4.58. The van der Waals surface area contributed by atoms with Crippen LogP contribution in [0, 0.1) is 5.92 Å². The molecule has 1 saturated heterocycles. The first-order valence-corrected chi connectivity index (χ1v) is 8.06. The van der Waals surface area contributed by atoms with Gasteiger partial charge in [0.1, 0.15) is 0 Å². The van der Waals surface area contributed by atoms with E-state index < -0.39 is 0 Å². The second kappa shape index (κ2) is 7.24. The van der Waals surface area contributed by atoms with E-state index in [1.165, 1.54) is 31.5 Å². The summed E-state index contributed by atoms with van der Waals surface area (Å²) in [5, 5.41) is 10.3. The molecule has 2 rings (SSSR count). The SMILES string of the molecule is CC1CCN(CCC(O)c2ccc(C(C)C)cc2)CC1. The Labute approximate surface area is 123 Å². The average Bonchev–Trinajstić information content (AvgIpc) is 2.46. The fourth-order valence-electron chi connectivity index (χ4n) is 2.86. The number of aliphatic hydroxyl groups is 1. The highest BCUT2D eigenvalue weighted by Crippen LogP contribution is 2.22. The largest absolute Gasteiger partial charge is 0.388 e. The molecule has 1 aliphatic rings. The van der Waals surface area contributed by atoms with Crippen molar-refractivity contribution in [3.8, 4) is 0 Å². The fourth-order valence-corrected chi connectivity index (χ4v) is 2.86. The van der Waals surface area contributed by atoms with Crippen LogP contribution in [-0.2, 0) is 0 Å². The summed E-state index contributed by atoms with van der Waals surface area (Å²) in [7, 11) is 0. The summed E-state index contributed by atoms with van der Waals surface area (Å²) in [4.78, 5) is 2.49. The Bertz CT molecular complexity index is 390. The fraction of sp³-hybridized carbons (Fsp3) is 0.667. The van der Waals surface area contributed by atoms with E-state index in [1.54, 1.807) is 0 Å². The highest BCUT2D eigenvalue weighted by Gasteiger charge is 2.17. The van der Waals surface area contributed by atoms with Crippen LogP contribution in [-0.4, -0.2) is 29.6 Å². The van der Waals surface area contributed by atoms with Crippen molar-refractivity contribution in [2.75, 3.05) is 19.6 Å². The molecule has 1 heterocycles. The summed E-state index contributed by atoms with van der Waals surface area (Å²) in [6.45, 7) is 10.1. The third kappa shape index (κ3) is 4.32. The Morgan fingerprint density at radius 3 is 2.20 bits per heavy atom. The topological polar surface area (TPSA) is 23.5 Å². The lowest BCUT2D eigenvalue weighted by Gasteiger charge is -2.30. The van der Waals surface area contributed by atoms with Gasteiger partial charge in [0.05, 0.1) is 6.10 Å². The molecule has 1 aliphatic heterocycles. The molecular formula is C18H29NO. The first-order chi connectivity index (χ1) is 9.56. The van der Waals surface area contributed by atoms with Gasteiger partial charge in [-0.05, 0) is 55.3 Å². The van der Waals surface area contributed by atoms with Crippen LogP contribution in [0.25, 0.3) is 0 Å². The smallest absolute Gasteiger partial charge is 0.0802 e. The molecule has 1 atom stereocenters. The van der Waals surface area contributed by atoms with Gasteiger partial charge in [-0.1, -0.05) is 45.0 Å². The van der Waals surface area contributed by atoms with Crippen LogP contribution in [0.2, 0.25) is 0 Å². The molecule has 1 aromatic carbocycles. The molecule has 0 aliphatic carbocycles.